The first-order valence-electron chi connectivity index (χ1n) is 23.2. The lowest BCUT2D eigenvalue weighted by atomic mass is 9.47. The molecule has 8 fully saturated rings. The van der Waals surface area contributed by atoms with E-state index < -0.39 is 105 Å². The van der Waals surface area contributed by atoms with E-state index in [1.165, 1.54) is 25.8 Å². The van der Waals surface area contributed by atoms with E-state index in [0.29, 0.717) is 48.3 Å². The van der Waals surface area contributed by atoms with Gasteiger partial charge in [-0.1, -0.05) is 39.3 Å². The van der Waals surface area contributed by atoms with Crippen molar-refractivity contribution in [1.82, 2.24) is 0 Å². The van der Waals surface area contributed by atoms with Gasteiger partial charge in [0, 0.05) is 12.3 Å². The third-order valence-electron chi connectivity index (χ3n) is 17.6. The van der Waals surface area contributed by atoms with Crippen LogP contribution in [0.25, 0.3) is 0 Å². The quantitative estimate of drug-likeness (QED) is 0.168. The van der Waals surface area contributed by atoms with Gasteiger partial charge in [-0.3, -0.25) is 0 Å². The number of ether oxygens (including phenoxy) is 8. The fraction of sp³-hybridized carbons (Fsp3) is 0.956. The van der Waals surface area contributed by atoms with Crippen molar-refractivity contribution in [2.45, 2.75) is 209 Å². The average molecular weight is 869 g/mol. The van der Waals surface area contributed by atoms with Crippen LogP contribution in [0.4, 0.5) is 0 Å². The topological polar surface area (TPSA) is 236 Å². The molecule has 0 radical (unpaired) electrons. The molecule has 348 valence electrons. The molecular formula is C45H72O16. The van der Waals surface area contributed by atoms with Crippen LogP contribution in [0.3, 0.4) is 0 Å². The minimum absolute atomic E-state index is 0.0171. The Kier molecular flexibility index (Phi) is 12.4. The highest BCUT2D eigenvalue weighted by Crippen LogP contribution is 2.70. The Morgan fingerprint density at radius 1 is 0.689 bits per heavy atom. The van der Waals surface area contributed by atoms with Gasteiger partial charge in [0.25, 0.3) is 0 Å². The number of aliphatic hydroxyl groups is 8. The van der Waals surface area contributed by atoms with E-state index in [1.54, 1.807) is 0 Å². The summed E-state index contributed by atoms with van der Waals surface area (Å²) in [5.41, 5.74) is 1.53. The van der Waals surface area contributed by atoms with Crippen LogP contribution in [0.2, 0.25) is 0 Å². The Morgan fingerprint density at radius 3 is 1.97 bits per heavy atom. The molecule has 0 unspecified atom stereocenters. The first kappa shape index (κ1) is 45.3. The van der Waals surface area contributed by atoms with Gasteiger partial charge in [0.1, 0.15) is 61.0 Å². The van der Waals surface area contributed by atoms with Gasteiger partial charge in [0.05, 0.1) is 37.6 Å². The Morgan fingerprint density at radius 2 is 1.34 bits per heavy atom. The number of hydrogen-bond acceptors (Lipinski definition) is 16. The van der Waals surface area contributed by atoms with E-state index in [1.807, 2.05) is 0 Å². The lowest BCUT2D eigenvalue weighted by molar-refractivity contribution is -0.388. The van der Waals surface area contributed by atoms with E-state index >= 15 is 0 Å². The van der Waals surface area contributed by atoms with Crippen molar-refractivity contribution >= 4 is 0 Å². The molecule has 5 heterocycles. The first-order chi connectivity index (χ1) is 28.9. The summed E-state index contributed by atoms with van der Waals surface area (Å²) < 4.78 is 50.1. The van der Waals surface area contributed by atoms with Crippen LogP contribution in [0, 0.1) is 46.3 Å². The molecule has 16 heteroatoms. The highest BCUT2D eigenvalue weighted by atomic mass is 16.8. The first-order valence-corrected chi connectivity index (χ1v) is 23.2. The van der Waals surface area contributed by atoms with Gasteiger partial charge in [-0.25, -0.2) is 0 Å². The molecule has 0 amide bonds. The van der Waals surface area contributed by atoms with Crippen LogP contribution >= 0.6 is 0 Å². The van der Waals surface area contributed by atoms with Crippen molar-refractivity contribution in [3.8, 4) is 0 Å². The maximum absolute atomic E-state index is 12.0. The van der Waals surface area contributed by atoms with E-state index in [4.69, 9.17) is 37.9 Å². The van der Waals surface area contributed by atoms with E-state index in [9.17, 15) is 40.9 Å². The van der Waals surface area contributed by atoms with E-state index in [2.05, 4.69) is 33.8 Å². The molecular weight excluding hydrogens is 796 g/mol. The highest BCUT2D eigenvalue weighted by Gasteiger charge is 2.69. The van der Waals surface area contributed by atoms with Crippen molar-refractivity contribution in [2.24, 2.45) is 46.3 Å². The molecule has 0 aromatic rings. The summed E-state index contributed by atoms with van der Waals surface area (Å²) in [6.45, 7) is 12.7. The van der Waals surface area contributed by atoms with Gasteiger partial charge in [0.2, 0.25) is 0 Å². The van der Waals surface area contributed by atoms with Gasteiger partial charge in [-0.15, -0.1) is 0 Å². The third kappa shape index (κ3) is 7.42. The molecule has 0 bridgehead atoms. The fourth-order valence-electron chi connectivity index (χ4n) is 14.0. The zero-order valence-corrected chi connectivity index (χ0v) is 36.5. The summed E-state index contributed by atoms with van der Waals surface area (Å²) >= 11 is 0. The molecule has 5 aliphatic heterocycles. The molecule has 61 heavy (non-hydrogen) atoms. The molecule has 9 rings (SSSR count). The Bertz CT molecular complexity index is 1590. The highest BCUT2D eigenvalue weighted by molar-refractivity contribution is 5.26. The van der Waals surface area contributed by atoms with Crippen molar-refractivity contribution < 1.29 is 78.7 Å². The maximum Gasteiger partial charge on any atom is 0.187 e. The lowest BCUT2D eigenvalue weighted by Crippen LogP contribution is -2.66. The summed E-state index contributed by atoms with van der Waals surface area (Å²) in [4.78, 5) is 0. The van der Waals surface area contributed by atoms with Crippen LogP contribution in [0.15, 0.2) is 11.6 Å². The number of aliphatic hydroxyl groups excluding tert-OH is 8. The summed E-state index contributed by atoms with van der Waals surface area (Å²) in [7, 11) is 0. The Balaban J connectivity index is 0.916. The van der Waals surface area contributed by atoms with Gasteiger partial charge in [0.15, 0.2) is 24.7 Å². The van der Waals surface area contributed by atoms with Crippen molar-refractivity contribution in [2.75, 3.05) is 13.2 Å². The zero-order valence-electron chi connectivity index (χ0n) is 36.5. The smallest absolute Gasteiger partial charge is 0.187 e. The summed E-state index contributed by atoms with van der Waals surface area (Å²) in [6, 6.07) is 0. The molecule has 9 aliphatic rings. The van der Waals surface area contributed by atoms with Crippen LogP contribution in [-0.2, 0) is 37.9 Å². The number of allylic oxidation sites excluding steroid dienone is 1. The third-order valence-corrected chi connectivity index (χ3v) is 17.6. The standard InChI is InChI=1S/C45H72O16/c1-19-9-14-45(54-18-19)20(2)30-28(61-45)16-27-25-8-7-23-15-24(10-12-43(23,5)26(25)11-13-44(27,30)6)57-42-39(60-41-36(52)34(50)32(48)22(4)56-41)37(53)38(29(17-46)58-42)59-40-35(51)33(49)31(47)21(3)55-40/h7,19-22,24-42,46-53H,8-18H2,1-6H3/t19-,20+,21-,22-,24-,25+,26-,27-,28-,29+,30-,31-,32-,33+,34+,35+,36+,37-,38+,39+,40-,41-,42+,43-,44-,45-/m0/s1. The summed E-state index contributed by atoms with van der Waals surface area (Å²) in [5.74, 6) is 2.64. The summed E-state index contributed by atoms with van der Waals surface area (Å²) in [6.07, 6.45) is -10.4. The van der Waals surface area contributed by atoms with Crippen LogP contribution in [-0.4, -0.2) is 164 Å². The molecule has 26 atom stereocenters. The predicted molar refractivity (Wildman–Crippen MR) is 213 cm³/mol. The molecule has 8 N–H and O–H groups in total. The lowest BCUT2D eigenvalue weighted by Gasteiger charge is -2.58. The van der Waals surface area contributed by atoms with Crippen LogP contribution in [0.1, 0.15) is 99.3 Å². The van der Waals surface area contributed by atoms with Gasteiger partial charge in [-0.05, 0) is 106 Å². The average Bonchev–Trinajstić information content (AvgIpc) is 3.69. The molecule has 3 saturated carbocycles. The second-order valence-corrected chi connectivity index (χ2v) is 21.1. The number of hydrogen-bond donors (Lipinski definition) is 8. The Hall–Kier alpha value is -0.900. The largest absolute Gasteiger partial charge is 0.394 e. The molecule has 5 saturated heterocycles. The fourth-order valence-corrected chi connectivity index (χ4v) is 14.0. The molecule has 16 nitrogen and oxygen atoms in total. The van der Waals surface area contributed by atoms with Crippen molar-refractivity contribution in [3.05, 3.63) is 11.6 Å². The molecule has 4 aliphatic carbocycles. The SMILES string of the molecule is C[C@H]1CC[C@]2(OC1)O[C@H]1C[C@H]3[C@@H]4CC=C5C[C@@H](O[C@@H]6O[C@H](CO)[C@@H](O[C@@H]7O[C@@H](C)[C@H](O)[C@@H](O)[C@H]7O)[C@H](O)[C@H]6O[C@@H]6O[C@@H](C)[C@H](O)[C@@H](O)[C@H]6O)CC[C@]5(C)[C@H]4CC[C@]3(C)[C@H]1[C@H]2C. The molecule has 1 spiro atoms. The predicted octanol–water partition coefficient (Wildman–Crippen LogP) is 1.24. The van der Waals surface area contributed by atoms with Crippen LogP contribution in [0.5, 0.6) is 0 Å². The van der Waals surface area contributed by atoms with Crippen LogP contribution < -0.4 is 0 Å². The Labute approximate surface area is 358 Å². The molecule has 0 aromatic heterocycles. The van der Waals surface area contributed by atoms with Crippen molar-refractivity contribution in [3.63, 3.8) is 0 Å². The minimum atomic E-state index is -1.71. The normalized spacial score (nSPS) is 58.4. The van der Waals surface area contributed by atoms with Gasteiger partial charge >= 0.3 is 0 Å². The number of rotatable bonds is 7. The van der Waals surface area contributed by atoms with Gasteiger partial charge < -0.3 is 78.7 Å². The van der Waals surface area contributed by atoms with Gasteiger partial charge in [-0.2, -0.15) is 0 Å². The zero-order chi connectivity index (χ0) is 43.5. The van der Waals surface area contributed by atoms with Crippen molar-refractivity contribution in [1.29, 1.82) is 0 Å². The summed E-state index contributed by atoms with van der Waals surface area (Å²) in [5, 5.41) is 85.9. The van der Waals surface area contributed by atoms with E-state index in [-0.39, 0.29) is 23.0 Å². The van der Waals surface area contributed by atoms with E-state index in [0.717, 1.165) is 45.1 Å². The monoisotopic (exact) mass is 868 g/mol. The second-order valence-electron chi connectivity index (χ2n) is 21.1. The second kappa shape index (κ2) is 16.8. The molecule has 0 aromatic carbocycles. The minimum Gasteiger partial charge on any atom is -0.394 e. The maximum atomic E-state index is 12.0. The number of fused-ring (bicyclic) bond motifs is 7.